The van der Waals surface area contributed by atoms with E-state index in [4.69, 9.17) is 4.74 Å². The normalized spacial score (nSPS) is 10.6. The van der Waals surface area contributed by atoms with Gasteiger partial charge in [-0.25, -0.2) is 4.79 Å². The molecule has 3 aromatic rings. The predicted octanol–water partition coefficient (Wildman–Crippen LogP) is 4.27. The van der Waals surface area contributed by atoms with Crippen LogP contribution in [0.5, 0.6) is 0 Å². The maximum absolute atomic E-state index is 11.2. The third-order valence-electron chi connectivity index (χ3n) is 4.22. The van der Waals surface area contributed by atoms with Crippen LogP contribution in [0, 0.1) is 0 Å². The molecule has 0 fully saturated rings. The lowest BCUT2D eigenvalue weighted by Crippen LogP contribution is -2.06. The minimum atomic E-state index is -0.433. The van der Waals surface area contributed by atoms with E-state index in [1.54, 1.807) is 0 Å². The number of fused-ring (bicyclic) bond motifs is 1. The van der Waals surface area contributed by atoms with E-state index in [1.807, 2.05) is 24.3 Å². The first kappa shape index (κ1) is 16.9. The van der Waals surface area contributed by atoms with Gasteiger partial charge in [0.15, 0.2) is 0 Å². The molecule has 0 saturated heterocycles. The summed E-state index contributed by atoms with van der Waals surface area (Å²) < 4.78 is 5.06. The molecule has 0 heterocycles. The Morgan fingerprint density at radius 3 is 2.44 bits per heavy atom. The zero-order chi connectivity index (χ0) is 17.6. The number of esters is 1. The lowest BCUT2D eigenvalue weighted by Gasteiger charge is -2.11. The minimum absolute atomic E-state index is 0.0406. The molecular weight excluding hydrogens is 312 g/mol. The van der Waals surface area contributed by atoms with Crippen molar-refractivity contribution in [2.24, 2.45) is 0 Å². The Kier molecular flexibility index (Phi) is 5.26. The first-order valence-corrected chi connectivity index (χ1v) is 8.22. The van der Waals surface area contributed by atoms with Crippen molar-refractivity contribution in [3.05, 3.63) is 84.4 Å². The largest absolute Gasteiger partial charge is 0.462 e. The molecule has 0 aliphatic rings. The van der Waals surface area contributed by atoms with Crippen LogP contribution in [-0.4, -0.2) is 17.7 Å². The van der Waals surface area contributed by atoms with Crippen LogP contribution in [0.4, 0.5) is 0 Å². The smallest absolute Gasteiger partial charge is 0.330 e. The number of aliphatic hydroxyl groups is 1. The number of rotatable bonds is 6. The highest BCUT2D eigenvalue weighted by Gasteiger charge is 2.07. The lowest BCUT2D eigenvalue weighted by atomic mass is 9.96. The van der Waals surface area contributed by atoms with Gasteiger partial charge in [0.05, 0.1) is 13.2 Å². The number of ether oxygens (including phenoxy) is 1. The van der Waals surface area contributed by atoms with Crippen molar-refractivity contribution in [1.82, 2.24) is 0 Å². The molecule has 0 atom stereocenters. The molecule has 0 bridgehead atoms. The molecule has 0 aliphatic carbocycles. The molecule has 3 nitrogen and oxygen atoms in total. The summed E-state index contributed by atoms with van der Waals surface area (Å²) in [6.45, 7) is 3.61. The highest BCUT2D eigenvalue weighted by atomic mass is 16.5. The highest BCUT2D eigenvalue weighted by Crippen LogP contribution is 2.27. The van der Waals surface area contributed by atoms with E-state index in [0.29, 0.717) is 6.42 Å². The first-order valence-electron chi connectivity index (χ1n) is 8.22. The van der Waals surface area contributed by atoms with Crippen LogP contribution in [0.15, 0.2) is 73.3 Å². The summed E-state index contributed by atoms with van der Waals surface area (Å²) in [7, 11) is 0. The van der Waals surface area contributed by atoms with Crippen LogP contribution in [0.3, 0.4) is 0 Å². The van der Waals surface area contributed by atoms with Gasteiger partial charge in [0.2, 0.25) is 0 Å². The van der Waals surface area contributed by atoms with E-state index in [0.717, 1.165) is 39.1 Å². The number of carbonyl (C=O) groups is 1. The van der Waals surface area contributed by atoms with Crippen molar-refractivity contribution in [3.8, 4) is 11.1 Å². The summed E-state index contributed by atoms with van der Waals surface area (Å²) in [5.41, 5.74) is 4.15. The van der Waals surface area contributed by atoms with Crippen LogP contribution in [0.25, 0.3) is 21.9 Å². The Labute approximate surface area is 147 Å². The molecule has 0 unspecified atom stereocenters. The average molecular weight is 332 g/mol. The van der Waals surface area contributed by atoms with E-state index in [9.17, 15) is 9.90 Å². The van der Waals surface area contributed by atoms with E-state index in [-0.39, 0.29) is 13.2 Å². The molecule has 1 N–H and O–H groups in total. The Bertz CT molecular complexity index is 898. The monoisotopic (exact) mass is 332 g/mol. The van der Waals surface area contributed by atoms with E-state index in [1.165, 1.54) is 0 Å². The fraction of sp³-hybridized carbons (Fsp3) is 0.136. The van der Waals surface area contributed by atoms with E-state index >= 15 is 0 Å². The standard InChI is InChI=1S/C22H20O3/c1-2-22(24)25-11-10-19-13-20-12-17(16-6-4-3-5-7-16)8-9-18(20)14-21(19)15-23/h2-9,12-14,23H,1,10-11,15H2. The van der Waals surface area contributed by atoms with Gasteiger partial charge in [-0.15, -0.1) is 0 Å². The molecule has 25 heavy (non-hydrogen) atoms. The Morgan fingerprint density at radius 2 is 1.72 bits per heavy atom. The van der Waals surface area contributed by atoms with Crippen molar-refractivity contribution < 1.29 is 14.6 Å². The van der Waals surface area contributed by atoms with Crippen LogP contribution >= 0.6 is 0 Å². The first-order chi connectivity index (χ1) is 12.2. The van der Waals surface area contributed by atoms with Crippen LogP contribution in [-0.2, 0) is 22.6 Å². The van der Waals surface area contributed by atoms with Gasteiger partial charge < -0.3 is 9.84 Å². The summed E-state index contributed by atoms with van der Waals surface area (Å²) in [6, 6.07) is 20.6. The van der Waals surface area contributed by atoms with Gasteiger partial charge in [-0.3, -0.25) is 0 Å². The number of benzene rings is 3. The second-order valence-corrected chi connectivity index (χ2v) is 5.83. The molecule has 0 aromatic heterocycles. The molecule has 3 heteroatoms. The molecule has 0 saturated carbocycles. The van der Waals surface area contributed by atoms with Gasteiger partial charge in [0.25, 0.3) is 0 Å². The summed E-state index contributed by atoms with van der Waals surface area (Å²) in [5.74, 6) is -0.433. The summed E-state index contributed by atoms with van der Waals surface area (Å²) in [4.78, 5) is 11.2. The molecule has 0 aliphatic heterocycles. The average Bonchev–Trinajstić information content (AvgIpc) is 2.67. The zero-order valence-corrected chi connectivity index (χ0v) is 13.9. The quantitative estimate of drug-likeness (QED) is 0.541. The second kappa shape index (κ2) is 7.77. The SMILES string of the molecule is C=CC(=O)OCCc1cc2cc(-c3ccccc3)ccc2cc1CO. The van der Waals surface area contributed by atoms with Crippen LogP contribution < -0.4 is 0 Å². The van der Waals surface area contributed by atoms with Gasteiger partial charge in [-0.05, 0) is 45.2 Å². The molecule has 0 radical (unpaired) electrons. The van der Waals surface area contributed by atoms with Crippen molar-refractivity contribution >= 4 is 16.7 Å². The number of carbonyl (C=O) groups excluding carboxylic acids is 1. The number of hydrogen-bond donors (Lipinski definition) is 1. The van der Waals surface area contributed by atoms with Gasteiger partial charge in [0, 0.05) is 12.5 Å². The molecular formula is C22H20O3. The fourth-order valence-corrected chi connectivity index (χ4v) is 2.90. The minimum Gasteiger partial charge on any atom is -0.462 e. The molecule has 126 valence electrons. The third kappa shape index (κ3) is 3.95. The maximum atomic E-state index is 11.2. The fourth-order valence-electron chi connectivity index (χ4n) is 2.90. The lowest BCUT2D eigenvalue weighted by molar-refractivity contribution is -0.137. The molecule has 0 amide bonds. The summed E-state index contributed by atoms with van der Waals surface area (Å²) in [6.07, 6.45) is 1.71. The topological polar surface area (TPSA) is 46.5 Å². The van der Waals surface area contributed by atoms with Crippen LogP contribution in [0.1, 0.15) is 11.1 Å². The zero-order valence-electron chi connectivity index (χ0n) is 13.9. The van der Waals surface area contributed by atoms with Crippen molar-refractivity contribution in [2.45, 2.75) is 13.0 Å². The number of aliphatic hydroxyl groups excluding tert-OH is 1. The Hall–Kier alpha value is -2.91. The molecule has 3 aromatic carbocycles. The van der Waals surface area contributed by atoms with Crippen molar-refractivity contribution in [2.75, 3.05) is 6.61 Å². The van der Waals surface area contributed by atoms with Crippen LogP contribution in [0.2, 0.25) is 0 Å². The third-order valence-corrected chi connectivity index (χ3v) is 4.22. The van der Waals surface area contributed by atoms with Gasteiger partial charge >= 0.3 is 5.97 Å². The highest BCUT2D eigenvalue weighted by molar-refractivity contribution is 5.88. The Morgan fingerprint density at radius 1 is 0.960 bits per heavy atom. The Balaban J connectivity index is 1.93. The van der Waals surface area contributed by atoms with Crippen molar-refractivity contribution in [3.63, 3.8) is 0 Å². The summed E-state index contributed by atoms with van der Waals surface area (Å²) in [5, 5.41) is 11.8. The van der Waals surface area contributed by atoms with Gasteiger partial charge in [-0.2, -0.15) is 0 Å². The van der Waals surface area contributed by atoms with Gasteiger partial charge in [0.1, 0.15) is 0 Å². The van der Waals surface area contributed by atoms with Gasteiger partial charge in [-0.1, -0.05) is 55.1 Å². The molecule has 3 rings (SSSR count). The van der Waals surface area contributed by atoms with E-state index in [2.05, 4.69) is 43.0 Å². The summed E-state index contributed by atoms with van der Waals surface area (Å²) >= 11 is 0. The predicted molar refractivity (Wildman–Crippen MR) is 100 cm³/mol. The van der Waals surface area contributed by atoms with Crippen molar-refractivity contribution in [1.29, 1.82) is 0 Å². The maximum Gasteiger partial charge on any atom is 0.330 e. The van der Waals surface area contributed by atoms with E-state index < -0.39 is 5.97 Å². The number of hydrogen-bond acceptors (Lipinski definition) is 3. The molecule has 0 spiro atoms. The second-order valence-electron chi connectivity index (χ2n) is 5.83.